The Kier molecular flexibility index (Phi) is 7.32. The molecule has 32 heavy (non-hydrogen) atoms. The highest BCUT2D eigenvalue weighted by atomic mass is 35.5. The Labute approximate surface area is 188 Å². The molecular formula is C22H20ClFN2O6. The van der Waals surface area contributed by atoms with Gasteiger partial charge in [0.1, 0.15) is 18.2 Å². The molecule has 0 fully saturated rings. The van der Waals surface area contributed by atoms with Crippen LogP contribution in [0.15, 0.2) is 53.7 Å². The number of nitrogens with one attached hydrogen (secondary N) is 2. The Hall–Kier alpha value is -3.59. The lowest BCUT2D eigenvalue weighted by Gasteiger charge is -2.29. The number of esters is 2. The second kappa shape index (κ2) is 10.1. The van der Waals surface area contributed by atoms with E-state index in [1.54, 1.807) is 31.2 Å². The number of hydrogen-bond donors (Lipinski definition) is 2. The average molecular weight is 463 g/mol. The highest BCUT2D eigenvalue weighted by Gasteiger charge is 2.34. The summed E-state index contributed by atoms with van der Waals surface area (Å²) in [6, 6.07) is 8.53. The van der Waals surface area contributed by atoms with E-state index in [1.807, 2.05) is 0 Å². The van der Waals surface area contributed by atoms with Crippen molar-refractivity contribution in [1.82, 2.24) is 10.6 Å². The molecule has 2 aromatic carbocycles. The Balaban J connectivity index is 1.92. The van der Waals surface area contributed by atoms with Gasteiger partial charge in [-0.3, -0.25) is 0 Å². The molecule has 0 radical (unpaired) electrons. The van der Waals surface area contributed by atoms with E-state index in [0.29, 0.717) is 11.3 Å². The van der Waals surface area contributed by atoms with Crippen molar-refractivity contribution in [2.24, 2.45) is 0 Å². The first-order valence-corrected chi connectivity index (χ1v) is 9.95. The van der Waals surface area contributed by atoms with Crippen LogP contribution < -0.4 is 15.4 Å². The van der Waals surface area contributed by atoms with Crippen LogP contribution in [-0.4, -0.2) is 38.3 Å². The van der Waals surface area contributed by atoms with E-state index < -0.39 is 36.4 Å². The van der Waals surface area contributed by atoms with Crippen molar-refractivity contribution in [3.63, 3.8) is 0 Å². The fraction of sp³-hybridized carbons (Fsp3) is 0.227. The van der Waals surface area contributed by atoms with Crippen LogP contribution in [0.2, 0.25) is 5.02 Å². The normalized spacial score (nSPS) is 15.5. The van der Waals surface area contributed by atoms with Gasteiger partial charge < -0.3 is 24.8 Å². The lowest BCUT2D eigenvalue weighted by molar-refractivity contribution is -0.139. The summed E-state index contributed by atoms with van der Waals surface area (Å²) in [5.74, 6) is -1.54. The zero-order chi connectivity index (χ0) is 23.3. The van der Waals surface area contributed by atoms with Gasteiger partial charge in [-0.05, 0) is 42.8 Å². The van der Waals surface area contributed by atoms with Crippen LogP contribution in [0.1, 0.15) is 28.9 Å². The Bertz CT molecular complexity index is 1070. The largest absolute Gasteiger partial charge is 0.497 e. The number of ether oxygens (including phenoxy) is 3. The minimum atomic E-state index is -0.850. The Morgan fingerprint density at radius 2 is 1.81 bits per heavy atom. The van der Waals surface area contributed by atoms with Crippen molar-refractivity contribution >= 4 is 29.6 Å². The topological polar surface area (TPSA) is 103 Å². The number of methoxy groups -OCH3 is 1. The Morgan fingerprint density at radius 3 is 2.44 bits per heavy atom. The maximum absolute atomic E-state index is 13.2. The van der Waals surface area contributed by atoms with Gasteiger partial charge in [-0.1, -0.05) is 23.7 Å². The molecule has 0 saturated heterocycles. The standard InChI is InChI=1S/C22H20ClFN2O6/c1-3-31-21(28)18-17(11-32-20(27)15-9-6-13(24)10-16(15)23)25-22(29)26-19(18)12-4-7-14(30-2)8-5-12/h4-10,19H,3,11H2,1-2H3,(H2,25,26,29). The summed E-state index contributed by atoms with van der Waals surface area (Å²) in [7, 11) is 1.52. The smallest absolute Gasteiger partial charge is 0.340 e. The fourth-order valence-corrected chi connectivity index (χ4v) is 3.34. The van der Waals surface area contributed by atoms with Gasteiger partial charge in [-0.25, -0.2) is 18.8 Å². The lowest BCUT2D eigenvalue weighted by atomic mass is 9.95. The van der Waals surface area contributed by atoms with Gasteiger partial charge >= 0.3 is 18.0 Å². The van der Waals surface area contributed by atoms with Crippen molar-refractivity contribution in [3.05, 3.63) is 75.7 Å². The third-order valence-electron chi connectivity index (χ3n) is 4.60. The highest BCUT2D eigenvalue weighted by Crippen LogP contribution is 2.29. The van der Waals surface area contributed by atoms with Gasteiger partial charge in [-0.2, -0.15) is 0 Å². The van der Waals surface area contributed by atoms with E-state index in [-0.39, 0.29) is 28.5 Å². The molecule has 1 aliphatic heterocycles. The number of benzene rings is 2. The number of halogens is 2. The molecule has 2 amide bonds. The third-order valence-corrected chi connectivity index (χ3v) is 4.91. The number of hydrogen-bond acceptors (Lipinski definition) is 6. The lowest BCUT2D eigenvalue weighted by Crippen LogP contribution is -2.47. The number of urea groups is 1. The average Bonchev–Trinajstić information content (AvgIpc) is 2.77. The zero-order valence-electron chi connectivity index (χ0n) is 17.2. The van der Waals surface area contributed by atoms with Gasteiger partial charge in [0.15, 0.2) is 0 Å². The molecule has 1 atom stereocenters. The molecule has 3 rings (SSSR count). The van der Waals surface area contributed by atoms with E-state index in [0.717, 1.165) is 12.1 Å². The van der Waals surface area contributed by atoms with Crippen LogP contribution in [0.4, 0.5) is 9.18 Å². The highest BCUT2D eigenvalue weighted by molar-refractivity contribution is 6.33. The summed E-state index contributed by atoms with van der Waals surface area (Å²) < 4.78 is 28.8. The first kappa shape index (κ1) is 23.1. The van der Waals surface area contributed by atoms with Crippen LogP contribution in [-0.2, 0) is 14.3 Å². The van der Waals surface area contributed by atoms with Crippen molar-refractivity contribution in [1.29, 1.82) is 0 Å². The molecule has 0 spiro atoms. The summed E-state index contributed by atoms with van der Waals surface area (Å²) >= 11 is 5.90. The monoisotopic (exact) mass is 462 g/mol. The first-order chi connectivity index (χ1) is 15.3. The van der Waals surface area contributed by atoms with E-state index in [9.17, 15) is 18.8 Å². The van der Waals surface area contributed by atoms with E-state index in [2.05, 4.69) is 10.6 Å². The minimum absolute atomic E-state index is 0.0552. The molecule has 10 heteroatoms. The quantitative estimate of drug-likeness (QED) is 0.610. The number of carbonyl (C=O) groups excluding carboxylic acids is 3. The maximum Gasteiger partial charge on any atom is 0.340 e. The second-order valence-corrected chi connectivity index (χ2v) is 7.02. The van der Waals surface area contributed by atoms with E-state index >= 15 is 0 Å². The summed E-state index contributed by atoms with van der Waals surface area (Å²) in [4.78, 5) is 37.4. The van der Waals surface area contributed by atoms with Crippen molar-refractivity contribution < 1.29 is 33.0 Å². The molecular weight excluding hydrogens is 443 g/mol. The molecule has 0 aromatic heterocycles. The SMILES string of the molecule is CCOC(=O)C1=C(COC(=O)c2ccc(F)cc2Cl)NC(=O)NC1c1ccc(OC)cc1. The summed E-state index contributed by atoms with van der Waals surface area (Å²) in [6.45, 7) is 1.30. The van der Waals surface area contributed by atoms with Gasteiger partial charge in [-0.15, -0.1) is 0 Å². The summed E-state index contributed by atoms with van der Waals surface area (Å²) in [6.07, 6.45) is 0. The molecule has 2 aromatic rings. The molecule has 168 valence electrons. The molecule has 0 aliphatic carbocycles. The third kappa shape index (κ3) is 5.17. The van der Waals surface area contributed by atoms with Gasteiger partial charge in [0.2, 0.25) is 0 Å². The van der Waals surface area contributed by atoms with Gasteiger partial charge in [0, 0.05) is 0 Å². The predicted octanol–water partition coefficient (Wildman–Crippen LogP) is 3.52. The van der Waals surface area contributed by atoms with Crippen LogP contribution in [0, 0.1) is 5.82 Å². The number of amides is 2. The number of rotatable bonds is 7. The molecule has 1 heterocycles. The van der Waals surface area contributed by atoms with Crippen LogP contribution in [0.3, 0.4) is 0 Å². The predicted molar refractivity (Wildman–Crippen MR) is 113 cm³/mol. The Morgan fingerprint density at radius 1 is 1.09 bits per heavy atom. The fourth-order valence-electron chi connectivity index (χ4n) is 3.10. The maximum atomic E-state index is 13.2. The molecule has 1 aliphatic rings. The molecule has 8 nitrogen and oxygen atoms in total. The minimum Gasteiger partial charge on any atom is -0.497 e. The van der Waals surface area contributed by atoms with E-state index in [4.69, 9.17) is 25.8 Å². The summed E-state index contributed by atoms with van der Waals surface area (Å²) in [5.41, 5.74) is 0.668. The van der Waals surface area contributed by atoms with E-state index in [1.165, 1.54) is 13.2 Å². The van der Waals surface area contributed by atoms with Crippen LogP contribution >= 0.6 is 11.6 Å². The van der Waals surface area contributed by atoms with Crippen molar-refractivity contribution in [3.8, 4) is 5.75 Å². The number of carbonyl (C=O) groups is 3. The molecule has 0 saturated carbocycles. The zero-order valence-corrected chi connectivity index (χ0v) is 18.0. The molecule has 0 bridgehead atoms. The van der Waals surface area contributed by atoms with Crippen molar-refractivity contribution in [2.45, 2.75) is 13.0 Å². The summed E-state index contributed by atoms with van der Waals surface area (Å²) in [5, 5.41) is 5.04. The van der Waals surface area contributed by atoms with Crippen LogP contribution in [0.25, 0.3) is 0 Å². The van der Waals surface area contributed by atoms with Crippen LogP contribution in [0.5, 0.6) is 5.75 Å². The van der Waals surface area contributed by atoms with Gasteiger partial charge in [0.05, 0.1) is 41.6 Å². The van der Waals surface area contributed by atoms with Crippen molar-refractivity contribution in [2.75, 3.05) is 20.3 Å². The molecule has 1 unspecified atom stereocenters. The van der Waals surface area contributed by atoms with Gasteiger partial charge in [0.25, 0.3) is 0 Å². The first-order valence-electron chi connectivity index (χ1n) is 9.57. The molecule has 2 N–H and O–H groups in total. The second-order valence-electron chi connectivity index (χ2n) is 6.62.